The highest BCUT2D eigenvalue weighted by molar-refractivity contribution is 5.95. The lowest BCUT2D eigenvalue weighted by Crippen LogP contribution is -2.81. The van der Waals surface area contributed by atoms with Crippen molar-refractivity contribution in [2.75, 3.05) is 59.5 Å². The highest BCUT2D eigenvalue weighted by Crippen LogP contribution is 2.68. The van der Waals surface area contributed by atoms with Crippen LogP contribution in [0.1, 0.15) is 68.8 Å². The van der Waals surface area contributed by atoms with E-state index in [1.54, 1.807) is 0 Å². The van der Waals surface area contributed by atoms with E-state index in [1.165, 1.54) is 28.3 Å². The van der Waals surface area contributed by atoms with Crippen LogP contribution in [0.25, 0.3) is 10.9 Å². The number of fused-ring (bicyclic) bond motifs is 6. The Balaban J connectivity index is 0.000000698. The van der Waals surface area contributed by atoms with Gasteiger partial charge in [-0.25, -0.2) is 23.2 Å². The van der Waals surface area contributed by atoms with Gasteiger partial charge in [-0.1, -0.05) is 37.3 Å². The molecule has 3 fully saturated rings. The highest BCUT2D eigenvalue weighted by Gasteiger charge is 2.80. The van der Waals surface area contributed by atoms with E-state index in [2.05, 4.69) is 14.8 Å². The van der Waals surface area contributed by atoms with Crippen molar-refractivity contribution >= 4 is 46.4 Å². The molecule has 3 aromatic rings. The van der Waals surface area contributed by atoms with E-state index in [9.17, 15) is 24.3 Å². The number of aliphatic hydroxyl groups is 1. The Labute approximate surface area is 386 Å². The first-order valence-electron chi connectivity index (χ1n) is 22.5. The molecule has 360 valence electrons. The number of carbonyl (C=O) groups is 5. The highest BCUT2D eigenvalue weighted by atomic mass is 19.3. The predicted molar refractivity (Wildman–Crippen MR) is 239 cm³/mol. The number of likely N-dealkylation sites (N-methyl/N-ethyl adjacent to an activating group) is 1. The van der Waals surface area contributed by atoms with Crippen LogP contribution in [0, 0.1) is 17.3 Å². The van der Waals surface area contributed by atoms with Crippen LogP contribution in [0.3, 0.4) is 0 Å². The number of carboxylic acid groups (broad SMARTS) is 2. The molecule has 16 nitrogen and oxygen atoms in total. The summed E-state index contributed by atoms with van der Waals surface area (Å²) in [4.78, 5) is 71.6. The van der Waals surface area contributed by atoms with Crippen LogP contribution < -0.4 is 9.64 Å². The van der Waals surface area contributed by atoms with Gasteiger partial charge in [0.05, 0.1) is 27.4 Å². The average molecular weight is 933 g/mol. The molecule has 0 radical (unpaired) electrons. The molecule has 4 N–H and O–H groups in total. The summed E-state index contributed by atoms with van der Waals surface area (Å²) >= 11 is 0. The smallest absolute Gasteiger partial charge is 0.344 e. The van der Waals surface area contributed by atoms with Gasteiger partial charge in [0.15, 0.2) is 6.10 Å². The van der Waals surface area contributed by atoms with Gasteiger partial charge in [0.25, 0.3) is 0 Å². The molecular weight excluding hydrogens is 875 g/mol. The third kappa shape index (κ3) is 7.11. The topological polar surface area (TPSA) is 208 Å². The zero-order valence-electron chi connectivity index (χ0n) is 38.6. The SMILES string of the molecule is CC[C@]12C=CCN3CC[C@@]4(c5cc([C@@]6(C(=O)OC)C[C@@H]7C[C@@H](C(C)(F)F)CN(Cc8c6[nH]c6ccccc86)C7)c(OC)cc5N(C)[C@H]4[C@@](O)(C(=O)OC)[C@@H]1OC(C)=O)[C@@H]32.O=C(O)/C=C/C(=O)O. The number of anilines is 1. The second-order valence-corrected chi connectivity index (χ2v) is 19.0. The van der Waals surface area contributed by atoms with Gasteiger partial charge in [0.1, 0.15) is 11.2 Å². The van der Waals surface area contributed by atoms with Crippen LogP contribution in [0.4, 0.5) is 14.5 Å². The fourth-order valence-corrected chi connectivity index (χ4v) is 13.4. The van der Waals surface area contributed by atoms with E-state index in [4.69, 9.17) is 29.2 Å². The van der Waals surface area contributed by atoms with Crippen LogP contribution in [0.15, 0.2) is 60.7 Å². The Bertz CT molecular complexity index is 2560. The lowest BCUT2D eigenvalue weighted by Gasteiger charge is -2.63. The Morgan fingerprint density at radius 1 is 0.970 bits per heavy atom. The van der Waals surface area contributed by atoms with Crippen molar-refractivity contribution < 1.29 is 67.0 Å². The van der Waals surface area contributed by atoms with Crippen LogP contribution in [0.5, 0.6) is 5.75 Å². The number of piperidine rings is 1. The van der Waals surface area contributed by atoms with E-state index >= 15 is 13.6 Å². The van der Waals surface area contributed by atoms with Crippen molar-refractivity contribution in [3.8, 4) is 5.75 Å². The number of rotatable bonds is 9. The van der Waals surface area contributed by atoms with Gasteiger partial charge < -0.3 is 44.2 Å². The molecular formula is C49H58F2N4O12. The molecule has 6 heterocycles. The van der Waals surface area contributed by atoms with Crippen molar-refractivity contribution in [2.45, 2.75) is 93.5 Å². The molecule has 1 spiro atoms. The number of benzene rings is 2. The molecule has 1 aromatic heterocycles. The van der Waals surface area contributed by atoms with Gasteiger partial charge in [-0.15, -0.1) is 0 Å². The Morgan fingerprint density at radius 3 is 2.27 bits per heavy atom. The standard InChI is InChI=1S/C45H54F2N4O8.C4H4O4/c1-8-42-14-11-16-51-17-15-43(36(42)51)30-19-31(34(56-5)20-33(30)49(4)37(43)45(55,40(54)58-7)38(42)59-25(2)52)44(39(53)57-6)21-26-18-27(41(3,46)47)23-50(22-26)24-29-28-12-9-10-13-32(28)48-35(29)44;5-3(6)1-2-4(7)8/h9-14,19-20,26-27,36-38,48,55H,8,15-18,21-24H2,1-7H3;1-2H,(H,5,6)(H,7,8)/b;2-1+/t26-,27+,36-,37+,38+,42+,43+,44-,45-;/m0./s1. The number of aliphatic carboxylic acids is 2. The van der Waals surface area contributed by atoms with E-state index < -0.39 is 75.7 Å². The number of hydrogen-bond acceptors (Lipinski definition) is 13. The molecule has 67 heavy (non-hydrogen) atoms. The Kier molecular flexibility index (Phi) is 12.1. The van der Waals surface area contributed by atoms with Crippen molar-refractivity contribution in [2.24, 2.45) is 17.3 Å². The lowest BCUT2D eigenvalue weighted by molar-refractivity contribution is -0.228. The number of carboxylic acids is 2. The number of methoxy groups -OCH3 is 3. The van der Waals surface area contributed by atoms with Gasteiger partial charge in [0.2, 0.25) is 11.5 Å². The maximum Gasteiger partial charge on any atom is 0.344 e. The number of nitrogens with zero attached hydrogens (tertiary/aromatic N) is 3. The summed E-state index contributed by atoms with van der Waals surface area (Å²) in [5.41, 5.74) is -1.64. The van der Waals surface area contributed by atoms with E-state index in [0.717, 1.165) is 29.0 Å². The maximum absolute atomic E-state index is 15.3. The molecule has 1 saturated carbocycles. The molecule has 18 heteroatoms. The third-order valence-corrected chi connectivity index (χ3v) is 15.6. The Morgan fingerprint density at radius 2 is 1.66 bits per heavy atom. The molecule has 2 bridgehead atoms. The average Bonchev–Trinajstić information content (AvgIpc) is 3.94. The molecule has 6 aliphatic rings. The van der Waals surface area contributed by atoms with Crippen LogP contribution in [0.2, 0.25) is 0 Å². The van der Waals surface area contributed by atoms with Gasteiger partial charge in [-0.3, -0.25) is 19.4 Å². The minimum absolute atomic E-state index is 0.155. The minimum atomic E-state index is -2.94. The first-order chi connectivity index (χ1) is 31.7. The van der Waals surface area contributed by atoms with E-state index in [1.807, 2.05) is 67.4 Å². The maximum atomic E-state index is 15.3. The van der Waals surface area contributed by atoms with Crippen LogP contribution >= 0.6 is 0 Å². The second-order valence-electron chi connectivity index (χ2n) is 19.0. The molecule has 1 unspecified atom stereocenters. The van der Waals surface area contributed by atoms with Gasteiger partial charge in [-0.2, -0.15) is 0 Å². The molecule has 2 aromatic carbocycles. The quantitative estimate of drug-likeness (QED) is 0.0985. The summed E-state index contributed by atoms with van der Waals surface area (Å²) in [6, 6.07) is 10.3. The van der Waals surface area contributed by atoms with Gasteiger partial charge >= 0.3 is 29.8 Å². The summed E-state index contributed by atoms with van der Waals surface area (Å²) in [6.45, 7) is 6.55. The number of ether oxygens (including phenoxy) is 4. The number of aromatic nitrogens is 1. The first-order valence-corrected chi connectivity index (χ1v) is 22.5. The Hall–Kier alpha value is -5.85. The van der Waals surface area contributed by atoms with Gasteiger partial charge in [-0.05, 0) is 68.3 Å². The third-order valence-electron chi connectivity index (χ3n) is 15.6. The molecule has 0 amide bonds. The molecule has 2 saturated heterocycles. The van der Waals surface area contributed by atoms with Crippen molar-refractivity contribution in [1.29, 1.82) is 0 Å². The fourth-order valence-electron chi connectivity index (χ4n) is 13.4. The number of alkyl halides is 2. The zero-order valence-corrected chi connectivity index (χ0v) is 38.6. The molecule has 5 aliphatic heterocycles. The predicted octanol–water partition coefficient (Wildman–Crippen LogP) is 4.79. The molecule has 10 atom stereocenters. The van der Waals surface area contributed by atoms with Crippen LogP contribution in [-0.2, 0) is 55.6 Å². The second kappa shape index (κ2) is 17.0. The van der Waals surface area contributed by atoms with Crippen LogP contribution in [-0.4, -0.2) is 144 Å². The van der Waals surface area contributed by atoms with E-state index in [0.29, 0.717) is 73.9 Å². The van der Waals surface area contributed by atoms with Crippen molar-refractivity contribution in [1.82, 2.24) is 14.8 Å². The number of nitrogens with one attached hydrogen (secondary N) is 1. The number of para-hydroxylation sites is 1. The number of H-pyrrole nitrogens is 1. The van der Waals surface area contributed by atoms with E-state index in [-0.39, 0.29) is 31.3 Å². The first kappa shape index (κ1) is 47.6. The largest absolute Gasteiger partial charge is 0.496 e. The summed E-state index contributed by atoms with van der Waals surface area (Å²) in [7, 11) is 5.94. The summed E-state index contributed by atoms with van der Waals surface area (Å²) in [5, 5.41) is 29.8. The monoisotopic (exact) mass is 932 g/mol. The minimum Gasteiger partial charge on any atom is -0.496 e. The number of halogens is 2. The molecule has 9 rings (SSSR count). The van der Waals surface area contributed by atoms with Crippen molar-refractivity contribution in [3.63, 3.8) is 0 Å². The van der Waals surface area contributed by atoms with Gasteiger partial charge in [0, 0.05) is 109 Å². The number of aromatic amines is 1. The normalized spacial score (nSPS) is 32.7. The lowest BCUT2D eigenvalue weighted by atomic mass is 9.47. The summed E-state index contributed by atoms with van der Waals surface area (Å²) < 4.78 is 54.3. The summed E-state index contributed by atoms with van der Waals surface area (Å²) in [5.74, 6) is -8.44. The van der Waals surface area contributed by atoms with Crippen molar-refractivity contribution in [3.05, 3.63) is 83.1 Å². The molecule has 1 aliphatic carbocycles. The number of esters is 3. The zero-order chi connectivity index (χ0) is 48.6. The summed E-state index contributed by atoms with van der Waals surface area (Å²) in [6.07, 6.45) is 5.15. The number of carbonyl (C=O) groups excluding carboxylic acids is 3. The number of hydrogen-bond donors (Lipinski definition) is 4. The fraction of sp³-hybridized carbons (Fsp3) is 0.531.